The van der Waals surface area contributed by atoms with Gasteiger partial charge in [-0.3, -0.25) is 4.98 Å². The highest BCUT2D eigenvalue weighted by Crippen LogP contribution is 2.43. The van der Waals surface area contributed by atoms with Gasteiger partial charge in [0.2, 0.25) is 5.89 Å². The molecule has 0 aliphatic heterocycles. The Labute approximate surface area is 202 Å². The van der Waals surface area contributed by atoms with Crippen molar-refractivity contribution in [1.29, 1.82) is 0 Å². The molecule has 0 amide bonds. The summed E-state index contributed by atoms with van der Waals surface area (Å²) < 4.78 is 5.99. The lowest BCUT2D eigenvalue weighted by atomic mass is 9.87. The predicted octanol–water partition coefficient (Wildman–Crippen LogP) is 8.53. The summed E-state index contributed by atoms with van der Waals surface area (Å²) in [5.41, 5.74) is 7.16. The predicted molar refractivity (Wildman–Crippen MR) is 143 cm³/mol. The van der Waals surface area contributed by atoms with Crippen LogP contribution in [0.5, 0.6) is 0 Å². The molecule has 2 aromatic heterocycles. The zero-order valence-corrected chi connectivity index (χ0v) is 18.8. The van der Waals surface area contributed by atoms with E-state index in [4.69, 9.17) is 9.40 Å². The quantitative estimate of drug-likeness (QED) is 0.254. The van der Waals surface area contributed by atoms with E-state index in [1.54, 1.807) is 0 Å². The Hall–Kier alpha value is -4.76. The molecule has 7 aromatic rings. The molecule has 0 atom stereocenters. The van der Waals surface area contributed by atoms with Crippen molar-refractivity contribution in [2.24, 2.45) is 0 Å². The van der Waals surface area contributed by atoms with Crippen LogP contribution in [-0.2, 0) is 0 Å². The summed E-state index contributed by atoms with van der Waals surface area (Å²) in [6.45, 7) is 0. The number of nitrogens with zero attached hydrogens (tertiary/aromatic N) is 2. The molecule has 5 aromatic carbocycles. The van der Waals surface area contributed by atoms with Crippen molar-refractivity contribution >= 4 is 32.6 Å². The molecule has 0 aliphatic rings. The highest BCUT2D eigenvalue weighted by atomic mass is 16.3. The minimum atomic E-state index is 0.637. The van der Waals surface area contributed by atoms with Gasteiger partial charge in [-0.15, -0.1) is 0 Å². The molecule has 0 saturated carbocycles. The third kappa shape index (κ3) is 3.21. The van der Waals surface area contributed by atoms with E-state index in [-0.39, 0.29) is 0 Å². The van der Waals surface area contributed by atoms with Crippen LogP contribution < -0.4 is 0 Å². The summed E-state index contributed by atoms with van der Waals surface area (Å²) >= 11 is 0. The normalized spacial score (nSPS) is 11.4. The summed E-state index contributed by atoms with van der Waals surface area (Å²) in [7, 11) is 0. The Morgan fingerprint density at radius 2 is 1.06 bits per heavy atom. The van der Waals surface area contributed by atoms with Gasteiger partial charge < -0.3 is 4.42 Å². The topological polar surface area (TPSA) is 38.9 Å². The van der Waals surface area contributed by atoms with Crippen molar-refractivity contribution in [3.05, 3.63) is 121 Å². The van der Waals surface area contributed by atoms with Crippen LogP contribution in [0.3, 0.4) is 0 Å². The fraction of sp³-hybridized carbons (Fsp3) is 0. The second-order valence-electron chi connectivity index (χ2n) is 8.62. The van der Waals surface area contributed by atoms with Crippen LogP contribution in [0.4, 0.5) is 0 Å². The number of hydrogen-bond donors (Lipinski definition) is 0. The van der Waals surface area contributed by atoms with Gasteiger partial charge >= 0.3 is 0 Å². The number of rotatable bonds is 3. The first-order chi connectivity index (χ1) is 17.4. The Bertz CT molecular complexity index is 1740. The Balaban J connectivity index is 1.46. The number of benzene rings is 5. The third-order valence-corrected chi connectivity index (χ3v) is 6.57. The second kappa shape index (κ2) is 7.93. The average molecular weight is 449 g/mol. The molecule has 3 nitrogen and oxygen atoms in total. The van der Waals surface area contributed by atoms with Crippen LogP contribution in [0.15, 0.2) is 126 Å². The van der Waals surface area contributed by atoms with E-state index in [9.17, 15) is 0 Å². The smallest absolute Gasteiger partial charge is 0.227 e. The van der Waals surface area contributed by atoms with E-state index < -0.39 is 0 Å². The van der Waals surface area contributed by atoms with E-state index in [2.05, 4.69) is 83.8 Å². The lowest BCUT2D eigenvalue weighted by molar-refractivity contribution is 0.620. The largest absolute Gasteiger partial charge is 0.436 e. The first-order valence-corrected chi connectivity index (χ1v) is 11.7. The molecule has 0 N–H and O–H groups in total. The molecule has 7 rings (SSSR count). The maximum atomic E-state index is 5.99. The van der Waals surface area contributed by atoms with Gasteiger partial charge in [0.1, 0.15) is 5.52 Å². The molecule has 0 aliphatic carbocycles. The van der Waals surface area contributed by atoms with E-state index in [1.165, 1.54) is 32.7 Å². The highest BCUT2D eigenvalue weighted by Gasteiger charge is 2.17. The van der Waals surface area contributed by atoms with Crippen molar-refractivity contribution < 1.29 is 4.42 Å². The number of pyridine rings is 1. The minimum absolute atomic E-state index is 0.637. The van der Waals surface area contributed by atoms with Crippen LogP contribution in [-0.4, -0.2) is 9.97 Å². The average Bonchev–Trinajstić information content (AvgIpc) is 3.37. The van der Waals surface area contributed by atoms with Crippen molar-refractivity contribution in [3.63, 3.8) is 0 Å². The first kappa shape index (κ1) is 19.7. The first-order valence-electron chi connectivity index (χ1n) is 11.7. The number of fused-ring (bicyclic) bond motifs is 3. The maximum Gasteiger partial charge on any atom is 0.227 e. The molecule has 164 valence electrons. The fourth-order valence-electron chi connectivity index (χ4n) is 5.00. The van der Waals surface area contributed by atoms with Crippen LogP contribution in [0.25, 0.3) is 66.5 Å². The molecule has 35 heavy (non-hydrogen) atoms. The van der Waals surface area contributed by atoms with E-state index in [0.29, 0.717) is 5.89 Å². The Morgan fingerprint density at radius 1 is 0.486 bits per heavy atom. The monoisotopic (exact) mass is 448 g/mol. The van der Waals surface area contributed by atoms with Gasteiger partial charge in [-0.2, -0.15) is 0 Å². The zero-order chi connectivity index (χ0) is 23.2. The molecule has 2 heterocycles. The summed E-state index contributed by atoms with van der Waals surface area (Å²) in [4.78, 5) is 9.35. The lowest BCUT2D eigenvalue weighted by Gasteiger charge is -2.17. The Kier molecular flexibility index (Phi) is 4.46. The number of para-hydroxylation sites is 2. The molecular weight excluding hydrogens is 428 g/mol. The van der Waals surface area contributed by atoms with Gasteiger partial charge in [0.05, 0.1) is 5.69 Å². The summed E-state index contributed by atoms with van der Waals surface area (Å²) in [6.07, 6.45) is 1.86. The van der Waals surface area contributed by atoms with Gasteiger partial charge in [0.15, 0.2) is 5.58 Å². The second-order valence-corrected chi connectivity index (χ2v) is 8.62. The molecule has 0 bridgehead atoms. The van der Waals surface area contributed by atoms with Gasteiger partial charge in [-0.25, -0.2) is 4.98 Å². The van der Waals surface area contributed by atoms with Gasteiger partial charge in [-0.05, 0) is 69.1 Å². The Morgan fingerprint density at radius 3 is 1.69 bits per heavy atom. The maximum absolute atomic E-state index is 5.99. The van der Waals surface area contributed by atoms with Gasteiger partial charge in [-0.1, -0.05) is 78.9 Å². The zero-order valence-electron chi connectivity index (χ0n) is 18.8. The van der Waals surface area contributed by atoms with E-state index in [0.717, 1.165) is 27.9 Å². The number of aromatic nitrogens is 2. The third-order valence-electron chi connectivity index (χ3n) is 6.57. The molecule has 0 unspecified atom stereocenters. The van der Waals surface area contributed by atoms with Crippen molar-refractivity contribution in [1.82, 2.24) is 9.97 Å². The summed E-state index contributed by atoms with van der Waals surface area (Å²) in [5.74, 6) is 0.637. The van der Waals surface area contributed by atoms with E-state index in [1.807, 2.05) is 42.6 Å². The molecule has 0 saturated heterocycles. The molecule has 3 heteroatoms. The minimum Gasteiger partial charge on any atom is -0.436 e. The summed E-state index contributed by atoms with van der Waals surface area (Å²) in [5, 5.41) is 4.81. The molecular formula is C32H20N2O. The number of oxazole rings is 1. The van der Waals surface area contributed by atoms with Crippen molar-refractivity contribution in [2.45, 2.75) is 0 Å². The number of hydrogen-bond acceptors (Lipinski definition) is 3. The van der Waals surface area contributed by atoms with Crippen molar-refractivity contribution in [3.8, 4) is 33.8 Å². The van der Waals surface area contributed by atoms with Gasteiger partial charge in [0, 0.05) is 17.3 Å². The van der Waals surface area contributed by atoms with E-state index >= 15 is 0 Å². The van der Waals surface area contributed by atoms with Gasteiger partial charge in [0.25, 0.3) is 0 Å². The van der Waals surface area contributed by atoms with Crippen LogP contribution in [0.2, 0.25) is 0 Å². The molecule has 0 spiro atoms. The standard InChI is InChI=1S/C32H20N2O/c1-3-11-25-23(9-1)30(24-10-2-4-12-26(24)31(25)28-14-7-8-20-33-28)21-16-18-22(19-17-21)32-34-27-13-5-6-15-29(27)35-32/h1-20H. The van der Waals surface area contributed by atoms with Crippen molar-refractivity contribution in [2.75, 3.05) is 0 Å². The fourth-order valence-corrected chi connectivity index (χ4v) is 5.00. The SMILES string of the molecule is c1ccc(-c2c3ccccc3c(-c3ccc(-c4nc5ccccc5o4)cc3)c3ccccc23)nc1. The highest BCUT2D eigenvalue weighted by molar-refractivity contribution is 6.21. The molecule has 0 radical (unpaired) electrons. The molecule has 0 fully saturated rings. The van der Waals surface area contributed by atoms with Crippen LogP contribution in [0, 0.1) is 0 Å². The van der Waals surface area contributed by atoms with Crippen LogP contribution in [0.1, 0.15) is 0 Å². The lowest BCUT2D eigenvalue weighted by Crippen LogP contribution is -1.92. The summed E-state index contributed by atoms with van der Waals surface area (Å²) in [6, 6.07) is 39.7. The van der Waals surface area contributed by atoms with Crippen LogP contribution >= 0.6 is 0 Å².